The lowest BCUT2D eigenvalue weighted by Crippen LogP contribution is -2.48. The Morgan fingerprint density at radius 1 is 1.41 bits per heavy atom. The molecule has 1 saturated heterocycles. The zero-order chi connectivity index (χ0) is 23.9. The van der Waals surface area contributed by atoms with Gasteiger partial charge in [0.1, 0.15) is 4.88 Å². The molecule has 5 rings (SSSR count). The Balaban J connectivity index is 1.41. The minimum absolute atomic E-state index is 0.0524. The molecule has 4 heterocycles. The second-order valence-electron chi connectivity index (χ2n) is 9.47. The summed E-state index contributed by atoms with van der Waals surface area (Å²) in [7, 11) is 0. The smallest absolute Gasteiger partial charge is 0.263 e. The van der Waals surface area contributed by atoms with E-state index in [1.165, 1.54) is 11.3 Å². The van der Waals surface area contributed by atoms with E-state index in [9.17, 15) is 9.59 Å². The summed E-state index contributed by atoms with van der Waals surface area (Å²) in [6.45, 7) is 6.03. The second kappa shape index (κ2) is 9.01. The third kappa shape index (κ3) is 4.40. The summed E-state index contributed by atoms with van der Waals surface area (Å²) in [5.74, 6) is -0.260. The molecule has 0 bridgehead atoms. The number of aliphatic hydroxyl groups is 1. The van der Waals surface area contributed by atoms with Gasteiger partial charge >= 0.3 is 0 Å². The molecule has 0 spiro atoms. The molecular formula is C24H29N5O4S. The van der Waals surface area contributed by atoms with Gasteiger partial charge in [-0.3, -0.25) is 9.59 Å². The molecule has 1 aromatic carbocycles. The molecule has 10 heteroatoms. The first kappa shape index (κ1) is 22.8. The summed E-state index contributed by atoms with van der Waals surface area (Å²) in [6.07, 6.45) is 3.41. The number of carbonyl (C=O) groups is 2. The molecule has 0 saturated carbocycles. The number of rotatable bonds is 6. The average Bonchev–Trinajstić information content (AvgIpc) is 3.41. The maximum Gasteiger partial charge on any atom is 0.263 e. The molecular weight excluding hydrogens is 454 g/mol. The molecule has 0 radical (unpaired) electrons. The number of amides is 2. The average molecular weight is 484 g/mol. The van der Waals surface area contributed by atoms with Crippen LogP contribution in [0.5, 0.6) is 0 Å². The quantitative estimate of drug-likeness (QED) is 0.425. The molecule has 3 aromatic rings. The fourth-order valence-electron chi connectivity index (χ4n) is 4.68. The fraction of sp³-hybridized carbons (Fsp3) is 0.458. The number of aromatic amines is 1. The van der Waals surface area contributed by atoms with Crippen LogP contribution in [0.1, 0.15) is 45.1 Å². The number of hydrogen-bond donors (Lipinski definition) is 4. The maximum atomic E-state index is 12.6. The number of ether oxygens (including phenoxy) is 1. The van der Waals surface area contributed by atoms with E-state index < -0.39 is 0 Å². The van der Waals surface area contributed by atoms with Crippen molar-refractivity contribution in [1.82, 2.24) is 20.6 Å². The van der Waals surface area contributed by atoms with Gasteiger partial charge in [-0.1, -0.05) is 11.3 Å². The third-order valence-corrected chi connectivity index (χ3v) is 7.44. The molecule has 34 heavy (non-hydrogen) atoms. The molecule has 2 aliphatic heterocycles. The Hall–Kier alpha value is -2.95. The van der Waals surface area contributed by atoms with Gasteiger partial charge in [0.05, 0.1) is 31.6 Å². The lowest BCUT2D eigenvalue weighted by molar-refractivity contribution is 0.0899. The number of aliphatic hydroxyl groups excluding tert-OH is 1. The number of nitrogens with one attached hydrogen (secondary N) is 3. The highest BCUT2D eigenvalue weighted by Gasteiger charge is 2.35. The van der Waals surface area contributed by atoms with Crippen molar-refractivity contribution in [3.8, 4) is 0 Å². The summed E-state index contributed by atoms with van der Waals surface area (Å²) in [6, 6.07) is 5.62. The van der Waals surface area contributed by atoms with Crippen LogP contribution in [0.3, 0.4) is 0 Å². The fourth-order valence-corrected chi connectivity index (χ4v) is 5.75. The van der Waals surface area contributed by atoms with Crippen molar-refractivity contribution in [3.05, 3.63) is 46.1 Å². The molecule has 1 atom stereocenters. The van der Waals surface area contributed by atoms with Gasteiger partial charge in [0.15, 0.2) is 5.13 Å². The predicted molar refractivity (Wildman–Crippen MR) is 131 cm³/mol. The number of thiazole rings is 1. The standard InChI is InChI=1S/C24H29N5O4S/c1-24(2)11-19-20(22(32)28-24)34-23(27-19)29-6-8-33-13-16(29)9-15-12-26-18-4-3-14(10-17(15)18)21(31)25-5-7-30/h3-4,10,12,16,26,30H,5-9,11,13H2,1-2H3,(H,25,31)(H,28,32)/t16-/m0/s1. The number of anilines is 1. The summed E-state index contributed by atoms with van der Waals surface area (Å²) in [5.41, 5.74) is 3.17. The molecule has 180 valence electrons. The Morgan fingerprint density at radius 2 is 2.26 bits per heavy atom. The van der Waals surface area contributed by atoms with Crippen LogP contribution >= 0.6 is 11.3 Å². The van der Waals surface area contributed by atoms with Crippen LogP contribution in [-0.4, -0.2) is 71.4 Å². The van der Waals surface area contributed by atoms with Gasteiger partial charge in [0.2, 0.25) is 0 Å². The molecule has 2 aromatic heterocycles. The first-order valence-corrected chi connectivity index (χ1v) is 12.3. The normalized spacial score (nSPS) is 19.7. The van der Waals surface area contributed by atoms with Gasteiger partial charge in [0, 0.05) is 47.7 Å². The van der Waals surface area contributed by atoms with Crippen LogP contribution in [0.25, 0.3) is 10.9 Å². The van der Waals surface area contributed by atoms with E-state index in [1.54, 1.807) is 6.07 Å². The molecule has 0 aliphatic carbocycles. The summed E-state index contributed by atoms with van der Waals surface area (Å²) in [4.78, 5) is 36.1. The van der Waals surface area contributed by atoms with Crippen LogP contribution in [0, 0.1) is 0 Å². The number of H-pyrrole nitrogens is 1. The van der Waals surface area contributed by atoms with Gasteiger partial charge in [-0.2, -0.15) is 0 Å². The van der Waals surface area contributed by atoms with E-state index in [2.05, 4.69) is 20.5 Å². The second-order valence-corrected chi connectivity index (χ2v) is 10.4. The Morgan fingerprint density at radius 3 is 3.09 bits per heavy atom. The summed E-state index contributed by atoms with van der Waals surface area (Å²) < 4.78 is 5.82. The van der Waals surface area contributed by atoms with Crippen molar-refractivity contribution in [1.29, 1.82) is 0 Å². The monoisotopic (exact) mass is 483 g/mol. The Kier molecular flexibility index (Phi) is 6.05. The number of carbonyl (C=O) groups excluding carboxylic acids is 2. The molecule has 2 aliphatic rings. The Bertz CT molecular complexity index is 1230. The third-order valence-electron chi connectivity index (χ3n) is 6.31. The Labute approximate surface area is 201 Å². The highest BCUT2D eigenvalue weighted by molar-refractivity contribution is 7.17. The zero-order valence-corrected chi connectivity index (χ0v) is 20.1. The van der Waals surface area contributed by atoms with Gasteiger partial charge in [-0.15, -0.1) is 0 Å². The van der Waals surface area contributed by atoms with E-state index >= 15 is 0 Å². The molecule has 4 N–H and O–H groups in total. The largest absolute Gasteiger partial charge is 0.395 e. The van der Waals surface area contributed by atoms with Crippen LogP contribution in [0.15, 0.2) is 24.4 Å². The number of hydrogen-bond acceptors (Lipinski definition) is 7. The van der Waals surface area contributed by atoms with Crippen molar-refractivity contribution in [2.24, 2.45) is 0 Å². The van der Waals surface area contributed by atoms with Gasteiger partial charge in [-0.05, 0) is 44.0 Å². The van der Waals surface area contributed by atoms with Crippen LogP contribution < -0.4 is 15.5 Å². The summed E-state index contributed by atoms with van der Waals surface area (Å²) >= 11 is 1.45. The first-order chi connectivity index (χ1) is 16.3. The number of morpholine rings is 1. The molecule has 2 amide bonds. The maximum absolute atomic E-state index is 12.6. The van der Waals surface area contributed by atoms with Crippen molar-refractivity contribution in [2.75, 3.05) is 37.8 Å². The van der Waals surface area contributed by atoms with E-state index in [4.69, 9.17) is 14.8 Å². The number of benzene rings is 1. The zero-order valence-electron chi connectivity index (χ0n) is 19.3. The molecule has 0 unspecified atom stereocenters. The highest BCUT2D eigenvalue weighted by atomic mass is 32.1. The topological polar surface area (TPSA) is 120 Å². The van der Waals surface area contributed by atoms with Gasteiger partial charge in [0.25, 0.3) is 11.8 Å². The number of nitrogens with zero attached hydrogens (tertiary/aromatic N) is 2. The van der Waals surface area contributed by atoms with E-state index in [0.29, 0.717) is 43.0 Å². The number of fused-ring (bicyclic) bond motifs is 2. The number of aromatic nitrogens is 2. The predicted octanol–water partition coefficient (Wildman–Crippen LogP) is 1.86. The van der Waals surface area contributed by atoms with Crippen LogP contribution in [0.2, 0.25) is 0 Å². The van der Waals surface area contributed by atoms with Crippen molar-refractivity contribution in [2.45, 2.75) is 38.3 Å². The van der Waals surface area contributed by atoms with E-state index in [1.807, 2.05) is 32.2 Å². The molecule has 9 nitrogen and oxygen atoms in total. The van der Waals surface area contributed by atoms with Gasteiger partial charge in [-0.25, -0.2) is 4.98 Å². The SMILES string of the molecule is CC1(C)Cc2nc(N3CCOC[C@@H]3Cc3c[nH]c4ccc(C(=O)NCCO)cc34)sc2C(=O)N1. The lowest BCUT2D eigenvalue weighted by Gasteiger charge is -2.35. The van der Waals surface area contributed by atoms with Crippen LogP contribution in [0.4, 0.5) is 5.13 Å². The van der Waals surface area contributed by atoms with E-state index in [-0.39, 0.29) is 36.5 Å². The van der Waals surface area contributed by atoms with Crippen molar-refractivity contribution >= 4 is 39.2 Å². The van der Waals surface area contributed by atoms with Crippen molar-refractivity contribution < 1.29 is 19.4 Å². The van der Waals surface area contributed by atoms with Crippen LogP contribution in [-0.2, 0) is 17.6 Å². The van der Waals surface area contributed by atoms with E-state index in [0.717, 1.165) is 27.3 Å². The minimum Gasteiger partial charge on any atom is -0.395 e. The summed E-state index contributed by atoms with van der Waals surface area (Å²) in [5, 5.41) is 16.6. The van der Waals surface area contributed by atoms with Crippen molar-refractivity contribution in [3.63, 3.8) is 0 Å². The minimum atomic E-state index is -0.301. The first-order valence-electron chi connectivity index (χ1n) is 11.5. The molecule has 1 fully saturated rings. The highest BCUT2D eigenvalue weighted by Crippen LogP contribution is 2.34. The lowest BCUT2D eigenvalue weighted by atomic mass is 9.94. The van der Waals surface area contributed by atoms with Gasteiger partial charge < -0.3 is 30.4 Å².